The molecule has 0 saturated carbocycles. The lowest BCUT2D eigenvalue weighted by Crippen LogP contribution is -2.39. The topological polar surface area (TPSA) is 54.9 Å². The van der Waals surface area contributed by atoms with Gasteiger partial charge in [0.1, 0.15) is 11.6 Å². The number of nitrogens with one attached hydrogen (secondary N) is 2. The zero-order valence-electron chi connectivity index (χ0n) is 16.4. The molecule has 0 heterocycles. The molecule has 7 heteroatoms. The molecule has 0 aromatic heterocycles. The average Bonchev–Trinajstić information content (AvgIpc) is 2.69. The second kappa shape index (κ2) is 14.2. The molecule has 0 unspecified atom stereocenters. The molecule has 2 N–H and O–H groups in total. The summed E-state index contributed by atoms with van der Waals surface area (Å²) >= 11 is 0. The lowest BCUT2D eigenvalue weighted by atomic mass is 10.1. The van der Waals surface area contributed by atoms with E-state index in [1.54, 1.807) is 26.3 Å². The van der Waals surface area contributed by atoms with E-state index < -0.39 is 0 Å². The van der Waals surface area contributed by atoms with Gasteiger partial charge in [-0.2, -0.15) is 0 Å². The Morgan fingerprint density at radius 1 is 1.04 bits per heavy atom. The lowest BCUT2D eigenvalue weighted by molar-refractivity contribution is 0.119. The van der Waals surface area contributed by atoms with E-state index in [0.717, 1.165) is 42.2 Å². The van der Waals surface area contributed by atoms with Crippen molar-refractivity contribution in [2.45, 2.75) is 19.4 Å². The SMILES string of the molecule is CN=C(NCCCOCc1ccc(OC)cc1)NCCc1cccc(F)c1.I. The van der Waals surface area contributed by atoms with Crippen LogP contribution >= 0.6 is 24.0 Å². The predicted molar refractivity (Wildman–Crippen MR) is 122 cm³/mol. The molecule has 0 radical (unpaired) electrons. The second-order valence-corrected chi connectivity index (χ2v) is 6.06. The van der Waals surface area contributed by atoms with E-state index in [1.165, 1.54) is 6.07 Å². The predicted octanol–water partition coefficient (Wildman–Crippen LogP) is 3.77. The molecule has 2 rings (SSSR count). The van der Waals surface area contributed by atoms with Crippen molar-refractivity contribution in [2.75, 3.05) is 33.9 Å². The van der Waals surface area contributed by atoms with Crippen LogP contribution in [0.5, 0.6) is 5.75 Å². The van der Waals surface area contributed by atoms with E-state index in [2.05, 4.69) is 15.6 Å². The van der Waals surface area contributed by atoms with Crippen molar-refractivity contribution < 1.29 is 13.9 Å². The van der Waals surface area contributed by atoms with Gasteiger partial charge in [-0.15, -0.1) is 24.0 Å². The van der Waals surface area contributed by atoms with Gasteiger partial charge >= 0.3 is 0 Å². The second-order valence-electron chi connectivity index (χ2n) is 6.06. The summed E-state index contributed by atoms with van der Waals surface area (Å²) in [5.74, 6) is 1.38. The lowest BCUT2D eigenvalue weighted by Gasteiger charge is -2.12. The van der Waals surface area contributed by atoms with Gasteiger partial charge in [0.15, 0.2) is 5.96 Å². The van der Waals surface area contributed by atoms with E-state index in [-0.39, 0.29) is 29.8 Å². The number of halogens is 2. The van der Waals surface area contributed by atoms with Crippen molar-refractivity contribution in [1.82, 2.24) is 10.6 Å². The van der Waals surface area contributed by atoms with Crippen LogP contribution in [-0.2, 0) is 17.8 Å². The van der Waals surface area contributed by atoms with Crippen LogP contribution in [0, 0.1) is 5.82 Å². The number of hydrogen-bond acceptors (Lipinski definition) is 3. The fraction of sp³-hybridized carbons (Fsp3) is 0.381. The summed E-state index contributed by atoms with van der Waals surface area (Å²) < 4.78 is 24.0. The molecule has 0 bridgehead atoms. The summed E-state index contributed by atoms with van der Waals surface area (Å²) in [6, 6.07) is 14.5. The molecule has 0 spiro atoms. The molecule has 154 valence electrons. The number of benzene rings is 2. The number of guanidine groups is 1. The van der Waals surface area contributed by atoms with Gasteiger partial charge in [-0.1, -0.05) is 24.3 Å². The van der Waals surface area contributed by atoms with Crippen LogP contribution in [0.3, 0.4) is 0 Å². The molecule has 0 fully saturated rings. The highest BCUT2D eigenvalue weighted by atomic mass is 127. The molecule has 0 saturated heterocycles. The summed E-state index contributed by atoms with van der Waals surface area (Å²) in [5.41, 5.74) is 2.09. The maximum Gasteiger partial charge on any atom is 0.190 e. The van der Waals surface area contributed by atoms with Crippen LogP contribution in [-0.4, -0.2) is 39.8 Å². The van der Waals surface area contributed by atoms with Crippen LogP contribution in [0.2, 0.25) is 0 Å². The fourth-order valence-electron chi connectivity index (χ4n) is 2.53. The van der Waals surface area contributed by atoms with E-state index >= 15 is 0 Å². The van der Waals surface area contributed by atoms with Gasteiger partial charge in [0.25, 0.3) is 0 Å². The smallest absolute Gasteiger partial charge is 0.190 e. The third-order valence-corrected chi connectivity index (χ3v) is 4.00. The minimum atomic E-state index is -0.204. The Labute approximate surface area is 183 Å². The van der Waals surface area contributed by atoms with Crippen molar-refractivity contribution in [3.63, 3.8) is 0 Å². The molecular formula is C21H29FIN3O2. The summed E-state index contributed by atoms with van der Waals surface area (Å²) in [7, 11) is 3.39. The van der Waals surface area contributed by atoms with Gasteiger partial charge in [0.05, 0.1) is 13.7 Å². The highest BCUT2D eigenvalue weighted by Gasteiger charge is 2.00. The van der Waals surface area contributed by atoms with E-state index in [9.17, 15) is 4.39 Å². The number of hydrogen-bond donors (Lipinski definition) is 2. The molecule has 0 aliphatic rings. The molecule has 2 aromatic rings. The van der Waals surface area contributed by atoms with Crippen LogP contribution in [0.4, 0.5) is 4.39 Å². The highest BCUT2D eigenvalue weighted by Crippen LogP contribution is 2.11. The van der Waals surface area contributed by atoms with Gasteiger partial charge in [-0.05, 0) is 48.2 Å². The monoisotopic (exact) mass is 501 g/mol. The Morgan fingerprint density at radius 3 is 2.46 bits per heavy atom. The van der Waals surface area contributed by atoms with Gasteiger partial charge in [0, 0.05) is 26.7 Å². The van der Waals surface area contributed by atoms with Crippen molar-refractivity contribution in [3.8, 4) is 5.75 Å². The van der Waals surface area contributed by atoms with Crippen LogP contribution in [0.1, 0.15) is 17.5 Å². The fourth-order valence-corrected chi connectivity index (χ4v) is 2.53. The highest BCUT2D eigenvalue weighted by molar-refractivity contribution is 14.0. The zero-order valence-corrected chi connectivity index (χ0v) is 18.7. The van der Waals surface area contributed by atoms with Crippen LogP contribution < -0.4 is 15.4 Å². The van der Waals surface area contributed by atoms with Crippen molar-refractivity contribution in [3.05, 3.63) is 65.5 Å². The first-order chi connectivity index (χ1) is 13.2. The summed E-state index contributed by atoms with van der Waals surface area (Å²) in [6.45, 7) is 2.71. The van der Waals surface area contributed by atoms with Crippen LogP contribution in [0.25, 0.3) is 0 Å². The first kappa shape index (κ1) is 24.2. The third kappa shape index (κ3) is 9.36. The molecule has 28 heavy (non-hydrogen) atoms. The maximum absolute atomic E-state index is 13.2. The Morgan fingerprint density at radius 2 is 1.79 bits per heavy atom. The Balaban J connectivity index is 0.00000392. The van der Waals surface area contributed by atoms with Gasteiger partial charge in [0.2, 0.25) is 0 Å². The number of nitrogens with zero attached hydrogens (tertiary/aromatic N) is 1. The Hall–Kier alpha value is -1.87. The van der Waals surface area contributed by atoms with Gasteiger partial charge in [-0.3, -0.25) is 4.99 Å². The standard InChI is InChI=1S/C21H28FN3O2.HI/c1-23-21(25-13-11-17-5-3-6-19(22)15-17)24-12-4-14-27-16-18-7-9-20(26-2)10-8-18;/h3,5-10,15H,4,11-14,16H2,1-2H3,(H2,23,24,25);1H. The van der Waals surface area contributed by atoms with Gasteiger partial charge in [-0.25, -0.2) is 4.39 Å². The zero-order chi connectivity index (χ0) is 19.3. The normalized spacial score (nSPS) is 10.9. The molecule has 0 atom stereocenters. The summed E-state index contributed by atoms with van der Waals surface area (Å²) in [6.07, 6.45) is 1.62. The molecule has 0 aliphatic heterocycles. The van der Waals surface area contributed by atoms with Crippen molar-refractivity contribution in [2.24, 2.45) is 4.99 Å². The number of methoxy groups -OCH3 is 1. The van der Waals surface area contributed by atoms with E-state index in [0.29, 0.717) is 19.8 Å². The van der Waals surface area contributed by atoms with Crippen LogP contribution in [0.15, 0.2) is 53.5 Å². The van der Waals surface area contributed by atoms with E-state index in [1.807, 2.05) is 30.3 Å². The van der Waals surface area contributed by atoms with Gasteiger partial charge < -0.3 is 20.1 Å². The molecule has 5 nitrogen and oxygen atoms in total. The Kier molecular flexibility index (Phi) is 12.2. The number of aliphatic imine (C=N–C) groups is 1. The van der Waals surface area contributed by atoms with Crippen molar-refractivity contribution in [1.29, 1.82) is 0 Å². The Bertz CT molecular complexity index is 711. The third-order valence-electron chi connectivity index (χ3n) is 4.00. The van der Waals surface area contributed by atoms with Crippen molar-refractivity contribution >= 4 is 29.9 Å². The molecular weight excluding hydrogens is 472 g/mol. The first-order valence-corrected chi connectivity index (χ1v) is 9.11. The first-order valence-electron chi connectivity index (χ1n) is 9.11. The maximum atomic E-state index is 13.2. The minimum Gasteiger partial charge on any atom is -0.497 e. The average molecular weight is 501 g/mol. The molecule has 0 amide bonds. The quantitative estimate of drug-likeness (QED) is 0.225. The molecule has 0 aliphatic carbocycles. The summed E-state index contributed by atoms with van der Waals surface area (Å²) in [4.78, 5) is 4.19. The number of rotatable bonds is 10. The number of ether oxygens (including phenoxy) is 2. The van der Waals surface area contributed by atoms with E-state index in [4.69, 9.17) is 9.47 Å². The largest absolute Gasteiger partial charge is 0.497 e. The molecule has 2 aromatic carbocycles. The summed E-state index contributed by atoms with van der Waals surface area (Å²) in [5, 5.41) is 6.48. The minimum absolute atomic E-state index is 0.